The number of carbonyl (C=O) groups is 2. The number of rotatable bonds is 12. The normalized spacial score (nSPS) is 14.5. The summed E-state index contributed by atoms with van der Waals surface area (Å²) in [5.74, 6) is 0.0405. The minimum atomic E-state index is -0.451. The number of aromatic nitrogens is 2. The first kappa shape index (κ1) is 38.9. The highest BCUT2D eigenvalue weighted by Gasteiger charge is 2.33. The zero-order valence-corrected chi connectivity index (χ0v) is 34.0. The third-order valence-electron chi connectivity index (χ3n) is 12.6. The molecule has 0 aliphatic heterocycles. The Morgan fingerprint density at radius 3 is 1.71 bits per heavy atom. The lowest BCUT2D eigenvalue weighted by molar-refractivity contribution is -0.122. The van der Waals surface area contributed by atoms with Gasteiger partial charge in [0, 0.05) is 34.5 Å². The van der Waals surface area contributed by atoms with E-state index in [0.717, 1.165) is 39.6 Å². The smallest absolute Gasteiger partial charge is 0.234 e. The van der Waals surface area contributed by atoms with Crippen LogP contribution < -0.4 is 9.80 Å². The summed E-state index contributed by atoms with van der Waals surface area (Å²) in [6, 6.07) is 36.9. The summed E-state index contributed by atoms with van der Waals surface area (Å²) in [7, 11) is 0. The Balaban J connectivity index is 1.17. The topological polar surface area (TPSA) is 66.4 Å². The Bertz CT molecular complexity index is 2310. The lowest BCUT2D eigenvalue weighted by atomic mass is 9.67. The first-order valence-corrected chi connectivity index (χ1v) is 20.5. The molecule has 6 nitrogen and oxygen atoms in total. The van der Waals surface area contributed by atoms with Gasteiger partial charge in [-0.15, -0.1) is 0 Å². The summed E-state index contributed by atoms with van der Waals surface area (Å²) in [6.07, 6.45) is 11.6. The van der Waals surface area contributed by atoms with Crippen molar-refractivity contribution in [3.63, 3.8) is 0 Å². The molecular formula is C50H56N4O2. The number of amides is 2. The third-order valence-corrected chi connectivity index (χ3v) is 12.6. The number of benzene rings is 4. The van der Waals surface area contributed by atoms with Gasteiger partial charge >= 0.3 is 0 Å². The van der Waals surface area contributed by atoms with Crippen LogP contribution in [0.4, 0.5) is 22.7 Å². The number of fused-ring (bicyclic) bond motifs is 2. The van der Waals surface area contributed by atoms with Crippen LogP contribution in [0.1, 0.15) is 104 Å². The lowest BCUT2D eigenvalue weighted by Crippen LogP contribution is -2.33. The standard InChI is InChI=1S/C50H56N4O2/c1-7-49(3,4)38-22-26-42(27-23-38)54(44-32-37-16-12-14-20-46(37)52-34-44)48(56)35(2)21-30-47(55)53(43-31-36-15-11-13-19-45(36)51-33-43)41-28-24-40(25-29-41)50(5,6)39-17-9-8-10-18-39/h11-16,19-20,22-29,31-35,39H,7-10,17-18,21,30H2,1-6H3. The number of pyridine rings is 2. The molecule has 4 aromatic carbocycles. The molecule has 1 unspecified atom stereocenters. The lowest BCUT2D eigenvalue weighted by Gasteiger charge is -2.38. The van der Waals surface area contributed by atoms with Gasteiger partial charge in [0.15, 0.2) is 0 Å². The highest BCUT2D eigenvalue weighted by molar-refractivity contribution is 6.04. The Kier molecular flexibility index (Phi) is 11.4. The molecule has 1 aliphatic carbocycles. The van der Waals surface area contributed by atoms with E-state index < -0.39 is 5.92 Å². The number of carbonyl (C=O) groups excluding carboxylic acids is 2. The maximum absolute atomic E-state index is 14.6. The summed E-state index contributed by atoms with van der Waals surface area (Å²) < 4.78 is 0. The summed E-state index contributed by atoms with van der Waals surface area (Å²) in [6.45, 7) is 13.3. The van der Waals surface area contributed by atoms with Gasteiger partial charge in [-0.05, 0) is 102 Å². The van der Waals surface area contributed by atoms with Gasteiger partial charge in [-0.1, -0.05) is 121 Å². The van der Waals surface area contributed by atoms with Crippen molar-refractivity contribution in [1.82, 2.24) is 9.97 Å². The van der Waals surface area contributed by atoms with Crippen LogP contribution in [0, 0.1) is 11.8 Å². The zero-order chi connectivity index (χ0) is 39.5. The number of para-hydroxylation sites is 2. The van der Waals surface area contributed by atoms with Gasteiger partial charge in [0.05, 0.1) is 34.8 Å². The van der Waals surface area contributed by atoms with Gasteiger partial charge in [-0.25, -0.2) is 0 Å². The number of hydrogen-bond donors (Lipinski definition) is 0. The van der Waals surface area contributed by atoms with E-state index in [1.807, 2.05) is 79.7 Å². The highest BCUT2D eigenvalue weighted by atomic mass is 16.2. The first-order valence-electron chi connectivity index (χ1n) is 20.5. The van der Waals surface area contributed by atoms with Crippen molar-refractivity contribution in [2.45, 2.75) is 104 Å². The maximum Gasteiger partial charge on any atom is 0.234 e. The van der Waals surface area contributed by atoms with Crippen LogP contribution in [0.5, 0.6) is 0 Å². The second-order valence-corrected chi connectivity index (χ2v) is 17.0. The fourth-order valence-electron chi connectivity index (χ4n) is 8.37. The van der Waals surface area contributed by atoms with Crippen LogP contribution in [-0.4, -0.2) is 21.8 Å². The molecule has 1 atom stereocenters. The Hall–Kier alpha value is -5.36. The Morgan fingerprint density at radius 1 is 0.661 bits per heavy atom. The van der Waals surface area contributed by atoms with E-state index in [4.69, 9.17) is 9.97 Å². The van der Waals surface area contributed by atoms with Gasteiger partial charge in [0.2, 0.25) is 11.8 Å². The van der Waals surface area contributed by atoms with Crippen molar-refractivity contribution in [3.05, 3.63) is 133 Å². The highest BCUT2D eigenvalue weighted by Crippen LogP contribution is 2.42. The average molecular weight is 745 g/mol. The van der Waals surface area contributed by atoms with E-state index in [1.165, 1.54) is 43.2 Å². The molecule has 0 spiro atoms. The minimum absolute atomic E-state index is 0.0177. The minimum Gasteiger partial charge on any atom is -0.279 e. The summed E-state index contributed by atoms with van der Waals surface area (Å²) in [5, 5.41) is 1.93. The van der Waals surface area contributed by atoms with Crippen molar-refractivity contribution in [3.8, 4) is 0 Å². The average Bonchev–Trinajstić information content (AvgIpc) is 3.23. The van der Waals surface area contributed by atoms with E-state index in [9.17, 15) is 9.59 Å². The summed E-state index contributed by atoms with van der Waals surface area (Å²) >= 11 is 0. The molecule has 6 heteroatoms. The predicted molar refractivity (Wildman–Crippen MR) is 232 cm³/mol. The van der Waals surface area contributed by atoms with E-state index in [0.29, 0.717) is 23.7 Å². The molecule has 0 radical (unpaired) electrons. The molecule has 1 saturated carbocycles. The van der Waals surface area contributed by atoms with Gasteiger partial charge in [-0.2, -0.15) is 0 Å². The molecule has 2 amide bonds. The van der Waals surface area contributed by atoms with E-state index in [1.54, 1.807) is 22.2 Å². The quantitative estimate of drug-likeness (QED) is 0.125. The molecule has 288 valence electrons. The van der Waals surface area contributed by atoms with Crippen molar-refractivity contribution in [2.75, 3.05) is 9.80 Å². The molecule has 2 heterocycles. The zero-order valence-electron chi connectivity index (χ0n) is 34.0. The van der Waals surface area contributed by atoms with Crippen LogP contribution in [-0.2, 0) is 20.4 Å². The second kappa shape index (κ2) is 16.4. The molecular weight excluding hydrogens is 689 g/mol. The van der Waals surface area contributed by atoms with E-state index >= 15 is 0 Å². The number of anilines is 4. The van der Waals surface area contributed by atoms with Gasteiger partial charge < -0.3 is 0 Å². The van der Waals surface area contributed by atoms with Crippen LogP contribution in [0.25, 0.3) is 21.8 Å². The second-order valence-electron chi connectivity index (χ2n) is 17.0. The Morgan fingerprint density at radius 2 is 1.16 bits per heavy atom. The van der Waals surface area contributed by atoms with Crippen molar-refractivity contribution < 1.29 is 9.59 Å². The monoisotopic (exact) mass is 744 g/mol. The fourth-order valence-corrected chi connectivity index (χ4v) is 8.37. The van der Waals surface area contributed by atoms with E-state index in [-0.39, 0.29) is 29.1 Å². The predicted octanol–water partition coefficient (Wildman–Crippen LogP) is 12.8. The van der Waals surface area contributed by atoms with E-state index in [2.05, 4.69) is 71.0 Å². The largest absolute Gasteiger partial charge is 0.279 e. The van der Waals surface area contributed by atoms with Gasteiger partial charge in [-0.3, -0.25) is 29.4 Å². The first-order chi connectivity index (χ1) is 27.0. The molecule has 0 saturated heterocycles. The van der Waals surface area contributed by atoms with Crippen LogP contribution in [0.2, 0.25) is 0 Å². The summed E-state index contributed by atoms with van der Waals surface area (Å²) in [5.41, 5.74) is 7.33. The fraction of sp³-hybridized carbons (Fsp3) is 0.360. The van der Waals surface area contributed by atoms with Crippen LogP contribution in [0.15, 0.2) is 122 Å². The third kappa shape index (κ3) is 8.11. The molecule has 2 aromatic heterocycles. The van der Waals surface area contributed by atoms with Gasteiger partial charge in [0.25, 0.3) is 0 Å². The van der Waals surface area contributed by atoms with Crippen LogP contribution in [0.3, 0.4) is 0 Å². The molecule has 56 heavy (non-hydrogen) atoms. The maximum atomic E-state index is 14.6. The van der Waals surface area contributed by atoms with Crippen molar-refractivity contribution >= 4 is 56.4 Å². The Labute approximate surface area is 333 Å². The molecule has 0 bridgehead atoms. The number of hydrogen-bond acceptors (Lipinski definition) is 4. The molecule has 1 fully saturated rings. The number of nitrogens with zero attached hydrogens (tertiary/aromatic N) is 4. The van der Waals surface area contributed by atoms with Gasteiger partial charge in [0.1, 0.15) is 0 Å². The summed E-state index contributed by atoms with van der Waals surface area (Å²) in [4.78, 5) is 42.1. The molecule has 7 rings (SSSR count). The van der Waals surface area contributed by atoms with Crippen molar-refractivity contribution in [2.24, 2.45) is 11.8 Å². The molecule has 6 aromatic rings. The molecule has 0 N–H and O–H groups in total. The SMILES string of the molecule is CCC(C)(C)c1ccc(N(C(=O)C(C)CCC(=O)N(c2ccc(C(C)(C)C3CCCCC3)cc2)c2cnc3ccccc3c2)c2cnc3ccccc3c2)cc1. The van der Waals surface area contributed by atoms with Crippen molar-refractivity contribution in [1.29, 1.82) is 0 Å². The van der Waals surface area contributed by atoms with Crippen LogP contribution >= 0.6 is 0 Å². The molecule has 1 aliphatic rings.